The van der Waals surface area contributed by atoms with Crippen molar-refractivity contribution in [1.29, 1.82) is 0 Å². The van der Waals surface area contributed by atoms with Crippen LogP contribution in [-0.4, -0.2) is 31.5 Å². The summed E-state index contributed by atoms with van der Waals surface area (Å²) in [4.78, 5) is 32.6. The molecule has 0 aliphatic heterocycles. The zero-order chi connectivity index (χ0) is 23.9. The van der Waals surface area contributed by atoms with E-state index in [2.05, 4.69) is 31.5 Å². The number of amides is 1. The van der Waals surface area contributed by atoms with E-state index in [0.29, 0.717) is 29.1 Å². The number of hydrogen-bond acceptors (Lipinski definition) is 9. The predicted molar refractivity (Wildman–Crippen MR) is 120 cm³/mol. The number of benzene rings is 1. The molecule has 34 heavy (non-hydrogen) atoms. The van der Waals surface area contributed by atoms with E-state index in [1.54, 1.807) is 13.8 Å². The fraction of sp³-hybridized carbons (Fsp3) is 0.261. The van der Waals surface area contributed by atoms with Gasteiger partial charge in [0.1, 0.15) is 16.4 Å². The Hall–Kier alpha value is -4.17. The second kappa shape index (κ2) is 8.31. The number of aryl methyl sites for hydroxylation is 1. The second-order valence-electron chi connectivity index (χ2n) is 7.84. The molecule has 1 aromatic carbocycles. The number of nitrogens with zero attached hydrogens (tertiary/aromatic N) is 3. The first kappa shape index (κ1) is 21.7. The van der Waals surface area contributed by atoms with E-state index in [4.69, 9.17) is 13.6 Å². The van der Waals surface area contributed by atoms with Crippen LogP contribution in [0.5, 0.6) is 0 Å². The van der Waals surface area contributed by atoms with Crippen LogP contribution in [0.15, 0.2) is 39.2 Å². The Balaban J connectivity index is 1.30. The number of rotatable bonds is 5. The first-order chi connectivity index (χ1) is 16.4. The van der Waals surface area contributed by atoms with Gasteiger partial charge in [0.25, 0.3) is 17.3 Å². The van der Waals surface area contributed by atoms with Gasteiger partial charge in [0.2, 0.25) is 5.89 Å². The summed E-state index contributed by atoms with van der Waals surface area (Å²) in [5, 5.41) is 12.1. The summed E-state index contributed by atoms with van der Waals surface area (Å²) in [6.45, 7) is 3.53. The molecule has 0 bridgehead atoms. The maximum atomic E-state index is 12.4. The molecule has 0 spiro atoms. The Morgan fingerprint density at radius 3 is 2.59 bits per heavy atom. The van der Waals surface area contributed by atoms with Gasteiger partial charge in [-0.2, -0.15) is 14.3 Å². The summed E-state index contributed by atoms with van der Waals surface area (Å²) < 4.78 is 20.7. The van der Waals surface area contributed by atoms with E-state index in [1.165, 1.54) is 0 Å². The Labute approximate surface area is 197 Å². The van der Waals surface area contributed by atoms with Gasteiger partial charge in [0.05, 0.1) is 11.4 Å². The summed E-state index contributed by atoms with van der Waals surface area (Å²) in [6, 6.07) is 9.39. The number of carboxylic acids is 1. The summed E-state index contributed by atoms with van der Waals surface area (Å²) in [7, 11) is 0. The van der Waals surface area contributed by atoms with E-state index < -0.39 is 23.6 Å². The molecule has 10 nitrogen and oxygen atoms in total. The van der Waals surface area contributed by atoms with E-state index in [1.807, 2.05) is 30.3 Å². The molecule has 5 rings (SSSR count). The highest BCUT2D eigenvalue weighted by Gasteiger charge is 2.56. The summed E-state index contributed by atoms with van der Waals surface area (Å²) in [5.74, 6) is 4.80. The Bertz CT molecular complexity index is 1420. The highest BCUT2D eigenvalue weighted by atomic mass is 32.1. The van der Waals surface area contributed by atoms with Crippen LogP contribution in [0.1, 0.15) is 53.8 Å². The van der Waals surface area contributed by atoms with Crippen LogP contribution in [-0.2, 0) is 14.9 Å². The van der Waals surface area contributed by atoms with Crippen LogP contribution < -0.4 is 5.32 Å². The van der Waals surface area contributed by atoms with E-state index in [-0.39, 0.29) is 23.2 Å². The molecule has 1 aliphatic rings. The normalized spacial score (nSPS) is 14.8. The van der Waals surface area contributed by atoms with Gasteiger partial charge in [-0.1, -0.05) is 30.3 Å². The molecule has 1 fully saturated rings. The summed E-state index contributed by atoms with van der Waals surface area (Å²) in [6.07, 6.45) is -0.129. The highest BCUT2D eigenvalue weighted by molar-refractivity contribution is 7.07. The third kappa shape index (κ3) is 3.99. The molecule has 2 N–H and O–H groups in total. The average molecular weight is 478 g/mol. The van der Waals surface area contributed by atoms with Crippen LogP contribution in [0, 0.1) is 18.8 Å². The SMILES string of the molecule is Cc1nsc(C#Cc2nc3oc(C4(C(=O)O)CC4)nc3o2)c1NC(=O)OC(C)c1ccccc1. The third-order valence-corrected chi connectivity index (χ3v) is 6.32. The minimum atomic E-state index is -1.08. The Morgan fingerprint density at radius 1 is 1.18 bits per heavy atom. The monoisotopic (exact) mass is 478 g/mol. The lowest BCUT2D eigenvalue weighted by molar-refractivity contribution is -0.140. The molecule has 3 heterocycles. The van der Waals surface area contributed by atoms with Crippen LogP contribution in [0.4, 0.5) is 10.5 Å². The van der Waals surface area contributed by atoms with Crippen LogP contribution >= 0.6 is 11.5 Å². The molecular formula is C23H18N4O6S. The largest absolute Gasteiger partial charge is 0.480 e. The first-order valence-electron chi connectivity index (χ1n) is 10.4. The number of ether oxygens (including phenoxy) is 1. The molecule has 1 unspecified atom stereocenters. The molecule has 1 amide bonds. The van der Waals surface area contributed by atoms with Gasteiger partial charge in [-0.05, 0) is 55.6 Å². The molecule has 0 radical (unpaired) electrons. The van der Waals surface area contributed by atoms with Crippen molar-refractivity contribution < 1.29 is 28.3 Å². The fourth-order valence-electron chi connectivity index (χ4n) is 3.34. The van der Waals surface area contributed by atoms with Crippen molar-refractivity contribution in [3.63, 3.8) is 0 Å². The first-order valence-corrected chi connectivity index (χ1v) is 11.2. The molecular weight excluding hydrogens is 460 g/mol. The minimum Gasteiger partial charge on any atom is -0.480 e. The number of carbonyl (C=O) groups is 2. The lowest BCUT2D eigenvalue weighted by Gasteiger charge is -2.14. The molecule has 1 atom stereocenters. The molecule has 0 saturated heterocycles. The van der Waals surface area contributed by atoms with Gasteiger partial charge in [-0.3, -0.25) is 10.1 Å². The number of aliphatic carboxylic acids is 1. The number of carbonyl (C=O) groups excluding carboxylic acids is 1. The lowest BCUT2D eigenvalue weighted by Crippen LogP contribution is -2.19. The average Bonchev–Trinajstić information content (AvgIpc) is 3.26. The fourth-order valence-corrected chi connectivity index (χ4v) is 4.05. The maximum Gasteiger partial charge on any atom is 0.412 e. The molecule has 1 saturated carbocycles. The number of anilines is 1. The molecule has 172 valence electrons. The quantitative estimate of drug-likeness (QED) is 0.399. The zero-order valence-electron chi connectivity index (χ0n) is 18.1. The van der Waals surface area contributed by atoms with Gasteiger partial charge in [-0.25, -0.2) is 4.79 Å². The number of nitrogens with one attached hydrogen (secondary N) is 1. The minimum absolute atomic E-state index is 0.0465. The molecule has 3 aromatic heterocycles. The second-order valence-corrected chi connectivity index (χ2v) is 8.61. The van der Waals surface area contributed by atoms with Crippen molar-refractivity contribution in [2.45, 2.75) is 38.2 Å². The van der Waals surface area contributed by atoms with Crippen molar-refractivity contribution >= 4 is 40.7 Å². The third-order valence-electron chi connectivity index (χ3n) is 5.47. The zero-order valence-corrected chi connectivity index (χ0v) is 18.9. The van der Waals surface area contributed by atoms with Crippen molar-refractivity contribution in [1.82, 2.24) is 14.3 Å². The van der Waals surface area contributed by atoms with Crippen molar-refractivity contribution in [2.75, 3.05) is 5.32 Å². The van der Waals surface area contributed by atoms with Crippen LogP contribution in [0.2, 0.25) is 0 Å². The van der Waals surface area contributed by atoms with E-state index >= 15 is 0 Å². The molecule has 11 heteroatoms. The molecule has 1 aliphatic carbocycles. The van der Waals surface area contributed by atoms with E-state index in [0.717, 1.165) is 17.1 Å². The van der Waals surface area contributed by atoms with Crippen molar-refractivity contribution in [2.24, 2.45) is 0 Å². The lowest BCUT2D eigenvalue weighted by atomic mass is 10.1. The van der Waals surface area contributed by atoms with Crippen LogP contribution in [0.25, 0.3) is 11.4 Å². The maximum absolute atomic E-state index is 12.4. The number of aromatic nitrogens is 3. The van der Waals surface area contributed by atoms with Gasteiger partial charge in [0, 0.05) is 0 Å². The number of fused-ring (bicyclic) bond motifs is 1. The van der Waals surface area contributed by atoms with Crippen molar-refractivity contribution in [3.8, 4) is 11.8 Å². The highest BCUT2D eigenvalue weighted by Crippen LogP contribution is 2.48. The van der Waals surface area contributed by atoms with Gasteiger partial charge >= 0.3 is 12.1 Å². The standard InChI is InChI=1S/C23H18N4O6S/c1-12-17(25-22(30)31-13(2)14-6-4-3-5-7-14)15(34-27-12)8-9-16-24-18-19(32-16)26-20(33-18)23(10-11-23)21(28)29/h3-7,13H,10-11H2,1-2H3,(H,25,30)(H,28,29). The Morgan fingerprint density at radius 2 is 1.91 bits per heavy atom. The number of carboxylic acid groups (broad SMARTS) is 1. The predicted octanol–water partition coefficient (Wildman–Crippen LogP) is 4.41. The van der Waals surface area contributed by atoms with Crippen molar-refractivity contribution in [3.05, 3.63) is 58.2 Å². The Kier molecular flexibility index (Phi) is 5.30. The van der Waals surface area contributed by atoms with E-state index in [9.17, 15) is 14.7 Å². The summed E-state index contributed by atoms with van der Waals surface area (Å²) >= 11 is 1.11. The summed E-state index contributed by atoms with van der Waals surface area (Å²) in [5.41, 5.74) is 1.000. The van der Waals surface area contributed by atoms with Gasteiger partial charge in [0.15, 0.2) is 0 Å². The number of hydrogen-bond donors (Lipinski definition) is 2. The number of oxazole rings is 2. The van der Waals surface area contributed by atoms with Crippen LogP contribution in [0.3, 0.4) is 0 Å². The topological polar surface area (TPSA) is 141 Å². The van der Waals surface area contributed by atoms with Gasteiger partial charge < -0.3 is 18.7 Å². The van der Waals surface area contributed by atoms with Gasteiger partial charge in [-0.15, -0.1) is 0 Å². The molecule has 4 aromatic rings. The smallest absolute Gasteiger partial charge is 0.412 e.